The number of likely N-dealkylation sites (N-methyl/N-ethyl adjacent to an activating group) is 2. The van der Waals surface area contributed by atoms with E-state index in [1.165, 1.54) is 5.56 Å². The summed E-state index contributed by atoms with van der Waals surface area (Å²) in [5.74, 6) is 0. The normalized spacial score (nSPS) is 30.3. The largest absolute Gasteiger partial charge is 0.472 e. The van der Waals surface area contributed by atoms with Gasteiger partial charge in [0.05, 0.1) is 12.5 Å². The number of rotatable bonds is 4. The van der Waals surface area contributed by atoms with Gasteiger partial charge in [-0.15, -0.1) is 0 Å². The lowest BCUT2D eigenvalue weighted by Gasteiger charge is -2.37. The predicted molar refractivity (Wildman–Crippen MR) is 68.7 cm³/mol. The van der Waals surface area contributed by atoms with Gasteiger partial charge in [-0.1, -0.05) is 0 Å². The SMILES string of the molecule is CC1CC(CN)(N(C)Cc2ccoc2)CN1C. The fourth-order valence-corrected chi connectivity index (χ4v) is 2.79. The molecule has 0 saturated carbocycles. The Bertz CT molecular complexity index is 340. The average Bonchev–Trinajstić information content (AvgIpc) is 2.89. The van der Waals surface area contributed by atoms with Gasteiger partial charge >= 0.3 is 0 Å². The zero-order chi connectivity index (χ0) is 12.5. The van der Waals surface area contributed by atoms with Gasteiger partial charge in [0.1, 0.15) is 0 Å². The smallest absolute Gasteiger partial charge is 0.0947 e. The van der Waals surface area contributed by atoms with Gasteiger partial charge < -0.3 is 15.1 Å². The summed E-state index contributed by atoms with van der Waals surface area (Å²) in [5, 5.41) is 0. The van der Waals surface area contributed by atoms with Crippen LogP contribution in [0.15, 0.2) is 23.0 Å². The maximum absolute atomic E-state index is 6.03. The number of likely N-dealkylation sites (tertiary alicyclic amines) is 1. The third-order valence-corrected chi connectivity index (χ3v) is 4.16. The van der Waals surface area contributed by atoms with Gasteiger partial charge in [0.2, 0.25) is 0 Å². The predicted octanol–water partition coefficient (Wildman–Crippen LogP) is 1.13. The molecule has 17 heavy (non-hydrogen) atoms. The number of hydrogen-bond acceptors (Lipinski definition) is 4. The van der Waals surface area contributed by atoms with Crippen molar-refractivity contribution in [3.8, 4) is 0 Å². The van der Waals surface area contributed by atoms with E-state index in [0.29, 0.717) is 12.6 Å². The van der Waals surface area contributed by atoms with Crippen LogP contribution in [0.3, 0.4) is 0 Å². The van der Waals surface area contributed by atoms with Crippen LogP contribution >= 0.6 is 0 Å². The maximum atomic E-state index is 6.03. The summed E-state index contributed by atoms with van der Waals surface area (Å²) in [5.41, 5.74) is 7.34. The third-order valence-electron chi connectivity index (χ3n) is 4.16. The second-order valence-corrected chi connectivity index (χ2v) is 5.38. The molecule has 4 heteroatoms. The zero-order valence-corrected chi connectivity index (χ0v) is 11.0. The molecule has 1 aromatic rings. The molecule has 0 aromatic carbocycles. The number of hydrogen-bond donors (Lipinski definition) is 1. The molecule has 0 bridgehead atoms. The zero-order valence-electron chi connectivity index (χ0n) is 11.0. The van der Waals surface area contributed by atoms with E-state index in [4.69, 9.17) is 10.2 Å². The molecule has 1 aromatic heterocycles. The first kappa shape index (κ1) is 12.6. The second kappa shape index (κ2) is 4.80. The van der Waals surface area contributed by atoms with Gasteiger partial charge in [-0.3, -0.25) is 4.90 Å². The summed E-state index contributed by atoms with van der Waals surface area (Å²) in [7, 11) is 4.33. The number of nitrogens with zero attached hydrogens (tertiary/aromatic N) is 2. The Balaban J connectivity index is 2.08. The average molecular weight is 237 g/mol. The van der Waals surface area contributed by atoms with E-state index in [2.05, 4.69) is 30.8 Å². The molecule has 0 spiro atoms. The molecular formula is C13H23N3O. The van der Waals surface area contributed by atoms with Crippen LogP contribution in [0.5, 0.6) is 0 Å². The minimum absolute atomic E-state index is 0.103. The molecule has 0 aliphatic carbocycles. The molecule has 96 valence electrons. The summed E-state index contributed by atoms with van der Waals surface area (Å²) >= 11 is 0. The molecule has 2 rings (SSSR count). The molecule has 2 atom stereocenters. The highest BCUT2D eigenvalue weighted by atomic mass is 16.3. The first-order chi connectivity index (χ1) is 8.07. The van der Waals surface area contributed by atoms with E-state index >= 15 is 0 Å². The van der Waals surface area contributed by atoms with Crippen LogP contribution in [0.1, 0.15) is 18.9 Å². The molecule has 0 radical (unpaired) electrons. The minimum atomic E-state index is 0.103. The lowest BCUT2D eigenvalue weighted by Crippen LogP contribution is -2.53. The molecule has 2 unspecified atom stereocenters. The van der Waals surface area contributed by atoms with Crippen LogP contribution in [0.25, 0.3) is 0 Å². The highest BCUT2D eigenvalue weighted by Crippen LogP contribution is 2.30. The number of furan rings is 1. The Hall–Kier alpha value is -0.840. The second-order valence-electron chi connectivity index (χ2n) is 5.38. The summed E-state index contributed by atoms with van der Waals surface area (Å²) in [6, 6.07) is 2.62. The molecular weight excluding hydrogens is 214 g/mol. The summed E-state index contributed by atoms with van der Waals surface area (Å²) in [6.45, 7) is 4.91. The van der Waals surface area contributed by atoms with Crippen molar-refractivity contribution in [1.29, 1.82) is 0 Å². The quantitative estimate of drug-likeness (QED) is 0.853. The van der Waals surface area contributed by atoms with Crippen LogP contribution in [-0.2, 0) is 6.54 Å². The first-order valence-electron chi connectivity index (χ1n) is 6.20. The third kappa shape index (κ3) is 2.39. The lowest BCUT2D eigenvalue weighted by atomic mass is 9.94. The Morgan fingerprint density at radius 3 is 2.88 bits per heavy atom. The van der Waals surface area contributed by atoms with Crippen molar-refractivity contribution in [3.63, 3.8) is 0 Å². The van der Waals surface area contributed by atoms with E-state index in [1.54, 1.807) is 6.26 Å². The van der Waals surface area contributed by atoms with Crippen LogP contribution in [0.2, 0.25) is 0 Å². The summed E-state index contributed by atoms with van der Waals surface area (Å²) in [6.07, 6.45) is 4.67. The minimum Gasteiger partial charge on any atom is -0.472 e. The fraction of sp³-hybridized carbons (Fsp3) is 0.692. The van der Waals surface area contributed by atoms with Crippen LogP contribution in [-0.4, -0.2) is 48.6 Å². The van der Waals surface area contributed by atoms with E-state index in [0.717, 1.165) is 19.5 Å². The van der Waals surface area contributed by atoms with Gasteiger partial charge in [-0.05, 0) is 33.5 Å². The molecule has 2 N–H and O–H groups in total. The highest BCUT2D eigenvalue weighted by Gasteiger charge is 2.42. The Morgan fingerprint density at radius 2 is 2.41 bits per heavy atom. The summed E-state index contributed by atoms with van der Waals surface area (Å²) in [4.78, 5) is 4.76. The van der Waals surface area contributed by atoms with Crippen molar-refractivity contribution in [2.75, 3.05) is 27.2 Å². The molecule has 1 saturated heterocycles. The maximum Gasteiger partial charge on any atom is 0.0947 e. The number of nitrogens with two attached hydrogens (primary N) is 1. The Labute approximate surface area is 103 Å². The standard InChI is InChI=1S/C13H23N3O/c1-11-6-13(9-14,10-15(11)2)16(3)7-12-4-5-17-8-12/h4-5,8,11H,6-7,9-10,14H2,1-3H3. The Morgan fingerprint density at radius 1 is 1.65 bits per heavy atom. The highest BCUT2D eigenvalue weighted by molar-refractivity contribution is 5.08. The van der Waals surface area contributed by atoms with Crippen LogP contribution < -0.4 is 5.73 Å². The van der Waals surface area contributed by atoms with Gasteiger partial charge in [0, 0.05) is 36.8 Å². The Kier molecular flexibility index (Phi) is 3.56. The molecule has 0 amide bonds. The van der Waals surface area contributed by atoms with Gasteiger partial charge in [0.25, 0.3) is 0 Å². The van der Waals surface area contributed by atoms with E-state index in [1.807, 2.05) is 12.3 Å². The van der Waals surface area contributed by atoms with Crippen molar-refractivity contribution in [1.82, 2.24) is 9.80 Å². The van der Waals surface area contributed by atoms with Crippen LogP contribution in [0, 0.1) is 0 Å². The molecule has 1 fully saturated rings. The van der Waals surface area contributed by atoms with Crippen molar-refractivity contribution in [3.05, 3.63) is 24.2 Å². The fourth-order valence-electron chi connectivity index (χ4n) is 2.79. The van der Waals surface area contributed by atoms with E-state index in [9.17, 15) is 0 Å². The van der Waals surface area contributed by atoms with Gasteiger partial charge in [-0.25, -0.2) is 0 Å². The van der Waals surface area contributed by atoms with E-state index in [-0.39, 0.29) is 5.54 Å². The van der Waals surface area contributed by atoms with Crippen molar-refractivity contribution in [2.24, 2.45) is 5.73 Å². The van der Waals surface area contributed by atoms with Crippen LogP contribution in [0.4, 0.5) is 0 Å². The topological polar surface area (TPSA) is 45.6 Å². The monoisotopic (exact) mass is 237 g/mol. The van der Waals surface area contributed by atoms with Gasteiger partial charge in [0.15, 0.2) is 0 Å². The van der Waals surface area contributed by atoms with E-state index < -0.39 is 0 Å². The molecule has 1 aliphatic rings. The molecule has 2 heterocycles. The molecule has 4 nitrogen and oxygen atoms in total. The lowest BCUT2D eigenvalue weighted by molar-refractivity contribution is 0.125. The summed E-state index contributed by atoms with van der Waals surface area (Å²) < 4.78 is 5.12. The van der Waals surface area contributed by atoms with Gasteiger partial charge in [-0.2, -0.15) is 0 Å². The van der Waals surface area contributed by atoms with Crippen molar-refractivity contribution < 1.29 is 4.42 Å². The first-order valence-corrected chi connectivity index (χ1v) is 6.20. The molecule has 1 aliphatic heterocycles. The van der Waals surface area contributed by atoms with Crippen molar-refractivity contribution >= 4 is 0 Å². The van der Waals surface area contributed by atoms with Crippen molar-refractivity contribution in [2.45, 2.75) is 31.5 Å².